The number of hydrogen-bond acceptors (Lipinski definition) is 3. The van der Waals surface area contributed by atoms with Gasteiger partial charge in [0.15, 0.2) is 5.82 Å². The van der Waals surface area contributed by atoms with E-state index in [-0.39, 0.29) is 0 Å². The average molecular weight is 263 g/mol. The van der Waals surface area contributed by atoms with E-state index in [0.29, 0.717) is 22.8 Å². The Kier molecular flexibility index (Phi) is 2.34. The molecule has 0 unspecified atom stereocenters. The third-order valence-corrected chi connectivity index (χ3v) is 4.29. The summed E-state index contributed by atoms with van der Waals surface area (Å²) in [4.78, 5) is 9.18. The second kappa shape index (κ2) is 3.92. The molecule has 0 aliphatic heterocycles. The molecule has 4 rings (SSSR count). The summed E-state index contributed by atoms with van der Waals surface area (Å²) in [5.74, 6) is 2.69. The lowest BCUT2D eigenvalue weighted by atomic mass is 10.0. The molecule has 0 radical (unpaired) electrons. The Labute approximate surface area is 110 Å². The van der Waals surface area contributed by atoms with Crippen LogP contribution in [0.15, 0.2) is 6.07 Å². The monoisotopic (exact) mass is 262 g/mol. The molecule has 0 bridgehead atoms. The lowest BCUT2D eigenvalue weighted by molar-refractivity contribution is 0.693. The Bertz CT molecular complexity index is 596. The van der Waals surface area contributed by atoms with Crippen LogP contribution in [0, 0.1) is 0 Å². The van der Waals surface area contributed by atoms with Gasteiger partial charge < -0.3 is 0 Å². The quantitative estimate of drug-likeness (QED) is 0.780. The maximum absolute atomic E-state index is 6.30. The molecule has 4 nitrogen and oxygen atoms in total. The molecule has 2 aromatic rings. The fraction of sp³-hybridized carbons (Fsp3) is 0.615. The molecule has 0 amide bonds. The predicted molar refractivity (Wildman–Crippen MR) is 69.0 cm³/mol. The minimum Gasteiger partial charge on any atom is -0.216 e. The number of aromatic nitrogens is 4. The van der Waals surface area contributed by atoms with Gasteiger partial charge in [0.1, 0.15) is 5.15 Å². The molecule has 2 heterocycles. The largest absolute Gasteiger partial charge is 0.254 e. The molecule has 0 N–H and O–H groups in total. The smallest absolute Gasteiger partial charge is 0.216 e. The van der Waals surface area contributed by atoms with Gasteiger partial charge >= 0.3 is 0 Å². The third kappa shape index (κ3) is 1.70. The van der Waals surface area contributed by atoms with E-state index in [4.69, 9.17) is 11.6 Å². The van der Waals surface area contributed by atoms with Crippen molar-refractivity contribution in [1.29, 1.82) is 0 Å². The van der Waals surface area contributed by atoms with Gasteiger partial charge in [-0.05, 0) is 31.7 Å². The summed E-state index contributed by atoms with van der Waals surface area (Å²) in [5, 5.41) is 5.09. The zero-order valence-electron chi connectivity index (χ0n) is 10.1. The lowest BCUT2D eigenvalue weighted by Gasteiger charge is -2.08. The van der Waals surface area contributed by atoms with Gasteiger partial charge in [0.25, 0.3) is 5.78 Å². The van der Waals surface area contributed by atoms with Gasteiger partial charge in [-0.3, -0.25) is 0 Å². The molecule has 5 heteroatoms. The molecule has 18 heavy (non-hydrogen) atoms. The molecular weight excluding hydrogens is 248 g/mol. The molecule has 2 aliphatic carbocycles. The van der Waals surface area contributed by atoms with Crippen molar-refractivity contribution in [1.82, 2.24) is 19.6 Å². The van der Waals surface area contributed by atoms with Gasteiger partial charge in [0, 0.05) is 11.8 Å². The lowest BCUT2D eigenvalue weighted by Crippen LogP contribution is -2.01. The second-order valence-corrected chi connectivity index (χ2v) is 5.83. The van der Waals surface area contributed by atoms with Crippen LogP contribution in [0.3, 0.4) is 0 Å². The Balaban J connectivity index is 1.80. The van der Waals surface area contributed by atoms with E-state index in [1.165, 1.54) is 38.5 Å². The Hall–Kier alpha value is -1.16. The van der Waals surface area contributed by atoms with Crippen LogP contribution in [0.5, 0.6) is 0 Å². The summed E-state index contributed by atoms with van der Waals surface area (Å²) in [6.07, 6.45) is 7.45. The molecule has 94 valence electrons. The highest BCUT2D eigenvalue weighted by atomic mass is 35.5. The summed E-state index contributed by atoms with van der Waals surface area (Å²) >= 11 is 6.30. The first-order valence-corrected chi connectivity index (χ1v) is 7.12. The molecular formula is C13H15ClN4. The summed E-state index contributed by atoms with van der Waals surface area (Å²) < 4.78 is 1.67. The van der Waals surface area contributed by atoms with Gasteiger partial charge in [0.2, 0.25) is 0 Å². The highest BCUT2D eigenvalue weighted by Gasteiger charge is 2.29. The van der Waals surface area contributed by atoms with Gasteiger partial charge in [-0.2, -0.15) is 9.50 Å². The number of halogens is 1. The molecule has 0 aromatic carbocycles. The van der Waals surface area contributed by atoms with E-state index >= 15 is 0 Å². The highest BCUT2D eigenvalue weighted by Crippen LogP contribution is 2.39. The van der Waals surface area contributed by atoms with Crippen LogP contribution in [0.4, 0.5) is 0 Å². The van der Waals surface area contributed by atoms with E-state index in [0.717, 1.165) is 11.5 Å². The molecule has 2 fully saturated rings. The number of rotatable bonds is 2. The van der Waals surface area contributed by atoms with Crippen LogP contribution in [0.2, 0.25) is 5.15 Å². The highest BCUT2D eigenvalue weighted by molar-refractivity contribution is 6.29. The molecule has 0 spiro atoms. The fourth-order valence-corrected chi connectivity index (χ4v) is 3.04. The number of hydrogen-bond donors (Lipinski definition) is 0. The number of nitrogens with zero attached hydrogens (tertiary/aromatic N) is 4. The van der Waals surface area contributed by atoms with Crippen molar-refractivity contribution in [3.05, 3.63) is 22.7 Å². The number of fused-ring (bicyclic) bond motifs is 1. The van der Waals surface area contributed by atoms with Crippen LogP contribution in [0.25, 0.3) is 5.78 Å². The van der Waals surface area contributed by atoms with Crippen molar-refractivity contribution in [3.63, 3.8) is 0 Å². The zero-order chi connectivity index (χ0) is 12.1. The topological polar surface area (TPSA) is 43.1 Å². The molecule has 0 saturated heterocycles. The summed E-state index contributed by atoms with van der Waals surface area (Å²) in [7, 11) is 0. The van der Waals surface area contributed by atoms with E-state index in [1.807, 2.05) is 6.07 Å². The fourth-order valence-electron chi connectivity index (χ4n) is 2.81. The average Bonchev–Trinajstić information content (AvgIpc) is 2.92. The van der Waals surface area contributed by atoms with Crippen LogP contribution in [0.1, 0.15) is 61.9 Å². The predicted octanol–water partition coefficient (Wildman–Crippen LogP) is 3.31. The maximum atomic E-state index is 6.30. The van der Waals surface area contributed by atoms with Crippen LogP contribution >= 0.6 is 11.6 Å². The molecule has 2 aliphatic rings. The molecule has 2 aromatic heterocycles. The van der Waals surface area contributed by atoms with Crippen molar-refractivity contribution < 1.29 is 0 Å². The van der Waals surface area contributed by atoms with Gasteiger partial charge in [-0.15, -0.1) is 5.10 Å². The van der Waals surface area contributed by atoms with E-state index < -0.39 is 0 Å². The standard InChI is InChI=1S/C13H15ClN4/c14-11-7-10(8-3-1-2-4-8)15-13-16-12(9-5-6-9)17-18(11)13/h7-9H,1-6H2. The second-order valence-electron chi connectivity index (χ2n) is 5.44. The Morgan fingerprint density at radius 2 is 1.83 bits per heavy atom. The van der Waals surface area contributed by atoms with E-state index in [1.54, 1.807) is 4.52 Å². The van der Waals surface area contributed by atoms with Crippen molar-refractivity contribution in [3.8, 4) is 0 Å². The van der Waals surface area contributed by atoms with Crippen molar-refractivity contribution >= 4 is 17.4 Å². The van der Waals surface area contributed by atoms with Gasteiger partial charge in [-0.25, -0.2) is 4.98 Å². The van der Waals surface area contributed by atoms with Crippen molar-refractivity contribution in [2.75, 3.05) is 0 Å². The molecule has 2 saturated carbocycles. The van der Waals surface area contributed by atoms with E-state index in [2.05, 4.69) is 15.1 Å². The van der Waals surface area contributed by atoms with Crippen molar-refractivity contribution in [2.24, 2.45) is 0 Å². The first kappa shape index (κ1) is 10.7. The first-order chi connectivity index (χ1) is 8.81. The first-order valence-electron chi connectivity index (χ1n) is 6.74. The summed E-state index contributed by atoms with van der Waals surface area (Å²) in [6.45, 7) is 0. The molecule has 0 atom stereocenters. The van der Waals surface area contributed by atoms with Gasteiger partial charge in [0.05, 0.1) is 5.69 Å². The Morgan fingerprint density at radius 3 is 2.56 bits per heavy atom. The summed E-state index contributed by atoms with van der Waals surface area (Å²) in [5.41, 5.74) is 1.10. The van der Waals surface area contributed by atoms with Crippen LogP contribution in [-0.2, 0) is 0 Å². The van der Waals surface area contributed by atoms with E-state index in [9.17, 15) is 0 Å². The minimum atomic E-state index is 0.540. The maximum Gasteiger partial charge on any atom is 0.254 e. The van der Waals surface area contributed by atoms with Crippen LogP contribution in [-0.4, -0.2) is 19.6 Å². The van der Waals surface area contributed by atoms with Crippen molar-refractivity contribution in [2.45, 2.75) is 50.4 Å². The van der Waals surface area contributed by atoms with Crippen LogP contribution < -0.4 is 0 Å². The zero-order valence-corrected chi connectivity index (χ0v) is 10.9. The third-order valence-electron chi connectivity index (χ3n) is 4.02. The normalized spacial score (nSPS) is 20.9. The summed E-state index contributed by atoms with van der Waals surface area (Å²) in [6, 6.07) is 1.97. The van der Waals surface area contributed by atoms with Gasteiger partial charge in [-0.1, -0.05) is 24.4 Å². The Morgan fingerprint density at radius 1 is 1.06 bits per heavy atom. The SMILES string of the molecule is Clc1cc(C2CCCC2)nc2nc(C3CC3)nn12. The minimum absolute atomic E-state index is 0.540.